The van der Waals surface area contributed by atoms with Crippen molar-refractivity contribution in [1.82, 2.24) is 0 Å². The third kappa shape index (κ3) is 3.30. The molecule has 0 fully saturated rings. The zero-order chi connectivity index (χ0) is 19.6. The first-order valence-electron chi connectivity index (χ1n) is 9.07. The second kappa shape index (κ2) is 7.44. The molecule has 2 N–H and O–H groups in total. The molecule has 0 spiro atoms. The maximum absolute atomic E-state index is 10.4. The average molecular weight is 366 g/mol. The number of phenols is 2. The molecule has 136 valence electrons. The lowest BCUT2D eigenvalue weighted by molar-refractivity contribution is 0.455. The fourth-order valence-corrected chi connectivity index (χ4v) is 9.46. The van der Waals surface area contributed by atoms with E-state index in [-0.39, 0.29) is 11.5 Å². The molecule has 0 aliphatic carbocycles. The molecule has 2 aromatic carbocycles. The van der Waals surface area contributed by atoms with Gasteiger partial charge in [0, 0.05) is 11.5 Å². The number of nitriles is 1. The monoisotopic (exact) mass is 365 g/mol. The summed E-state index contributed by atoms with van der Waals surface area (Å²) in [6.45, 7) is 13.4. The molecule has 2 aromatic rings. The van der Waals surface area contributed by atoms with Gasteiger partial charge in [0.25, 0.3) is 0 Å². The van der Waals surface area contributed by atoms with Crippen LogP contribution in [0, 0.1) is 22.8 Å². The van der Waals surface area contributed by atoms with Crippen LogP contribution in [0.4, 0.5) is 0 Å². The lowest BCUT2D eigenvalue weighted by atomic mass is 9.99. The molecule has 0 heterocycles. The highest BCUT2D eigenvalue weighted by molar-refractivity contribution is 6.90. The highest BCUT2D eigenvalue weighted by atomic mass is 28.3. The molecule has 0 aliphatic rings. The van der Waals surface area contributed by atoms with Crippen molar-refractivity contribution in [3.63, 3.8) is 0 Å². The summed E-state index contributed by atoms with van der Waals surface area (Å²) < 4.78 is 0. The minimum absolute atomic E-state index is 0.00567. The van der Waals surface area contributed by atoms with Crippen LogP contribution in [0.2, 0.25) is 16.6 Å². The fraction of sp³-hybridized carbons (Fsp3) is 0.409. The van der Waals surface area contributed by atoms with E-state index < -0.39 is 8.07 Å². The molecule has 3 nitrogen and oxygen atoms in total. The van der Waals surface area contributed by atoms with Crippen LogP contribution in [0.5, 0.6) is 11.5 Å². The van der Waals surface area contributed by atoms with Crippen molar-refractivity contribution in [2.45, 2.75) is 58.2 Å². The molecule has 26 heavy (non-hydrogen) atoms. The summed E-state index contributed by atoms with van der Waals surface area (Å²) in [6, 6.07) is 8.51. The first-order chi connectivity index (χ1) is 12.1. The quantitative estimate of drug-likeness (QED) is 0.542. The number of hydrogen-bond acceptors (Lipinski definition) is 3. The molecule has 0 saturated carbocycles. The number of rotatable bonds is 3. The first-order valence-corrected chi connectivity index (χ1v) is 11.3. The van der Waals surface area contributed by atoms with E-state index >= 15 is 0 Å². The van der Waals surface area contributed by atoms with Crippen LogP contribution in [0.3, 0.4) is 0 Å². The van der Waals surface area contributed by atoms with E-state index in [2.05, 4.69) is 59.1 Å². The Morgan fingerprint density at radius 1 is 0.923 bits per heavy atom. The van der Waals surface area contributed by atoms with Crippen LogP contribution in [0.15, 0.2) is 24.3 Å². The molecule has 0 saturated heterocycles. The molecule has 4 heteroatoms. The van der Waals surface area contributed by atoms with Gasteiger partial charge in [0.2, 0.25) is 0 Å². The van der Waals surface area contributed by atoms with E-state index in [0.29, 0.717) is 38.5 Å². The highest BCUT2D eigenvalue weighted by Crippen LogP contribution is 2.41. The summed E-state index contributed by atoms with van der Waals surface area (Å²) in [5, 5.41) is 30.9. The van der Waals surface area contributed by atoms with Crippen LogP contribution in [-0.2, 0) is 0 Å². The van der Waals surface area contributed by atoms with E-state index in [1.54, 1.807) is 18.2 Å². The van der Waals surface area contributed by atoms with Crippen molar-refractivity contribution in [3.05, 3.63) is 35.4 Å². The smallest absolute Gasteiger partial charge is 0.146 e. The Morgan fingerprint density at radius 2 is 1.50 bits per heavy atom. The van der Waals surface area contributed by atoms with Gasteiger partial charge in [-0.1, -0.05) is 53.5 Å². The maximum atomic E-state index is 10.4. The average Bonchev–Trinajstić information content (AvgIpc) is 2.53. The van der Waals surface area contributed by atoms with Gasteiger partial charge in [0.05, 0.1) is 11.1 Å². The van der Waals surface area contributed by atoms with Crippen LogP contribution >= 0.6 is 0 Å². The first kappa shape index (κ1) is 19.9. The largest absolute Gasteiger partial charge is 0.508 e. The molecular formula is C22H27NO2Si. The Hall–Kier alpha value is -2.43. The normalized spacial score (nSPS) is 11.7. The lowest BCUT2D eigenvalue weighted by Gasteiger charge is -2.38. The van der Waals surface area contributed by atoms with Crippen molar-refractivity contribution >= 4 is 18.8 Å². The molecule has 0 radical (unpaired) electrons. The Morgan fingerprint density at radius 3 is 2.00 bits per heavy atom. The maximum Gasteiger partial charge on any atom is 0.146 e. The standard InChI is InChI=1S/C22H27NO2Si/c1-14(2)26(15(3)4,16(5)6)10-9-20-18(13-23)8-7-17-11-19(24)12-21(25)22(17)20/h7-8,11-12,14-16,24-25H,1-6H3. The Bertz CT molecular complexity index is 905. The zero-order valence-electron chi connectivity index (χ0n) is 16.4. The van der Waals surface area contributed by atoms with Gasteiger partial charge < -0.3 is 10.2 Å². The molecule has 0 unspecified atom stereocenters. The second-order valence-electron chi connectivity index (χ2n) is 7.81. The van der Waals surface area contributed by atoms with Crippen molar-refractivity contribution in [1.29, 1.82) is 5.26 Å². The summed E-state index contributed by atoms with van der Waals surface area (Å²) in [7, 11) is -1.96. The van der Waals surface area contributed by atoms with Gasteiger partial charge in [-0.05, 0) is 34.1 Å². The highest BCUT2D eigenvalue weighted by Gasteiger charge is 2.41. The molecule has 0 atom stereocenters. The number of phenolic OH excluding ortho intramolecular Hbond substituents is 2. The Kier molecular flexibility index (Phi) is 5.69. The molecular weight excluding hydrogens is 338 g/mol. The third-order valence-corrected chi connectivity index (χ3v) is 11.8. The van der Waals surface area contributed by atoms with Crippen molar-refractivity contribution in [2.75, 3.05) is 0 Å². The summed E-state index contributed by atoms with van der Waals surface area (Å²) in [6.07, 6.45) is 0. The predicted molar refractivity (Wildman–Crippen MR) is 110 cm³/mol. The molecule has 0 aliphatic heterocycles. The number of aromatic hydroxyl groups is 2. The van der Waals surface area contributed by atoms with Crippen LogP contribution in [0.25, 0.3) is 10.8 Å². The van der Waals surface area contributed by atoms with E-state index in [9.17, 15) is 15.5 Å². The van der Waals surface area contributed by atoms with Crippen molar-refractivity contribution in [3.8, 4) is 29.0 Å². The molecule has 0 amide bonds. The third-order valence-electron chi connectivity index (χ3n) is 5.47. The zero-order valence-corrected chi connectivity index (χ0v) is 17.4. The molecule has 0 aromatic heterocycles. The summed E-state index contributed by atoms with van der Waals surface area (Å²) in [5.74, 6) is 3.25. The predicted octanol–water partition coefficient (Wildman–Crippen LogP) is 5.69. The van der Waals surface area contributed by atoms with Gasteiger partial charge >= 0.3 is 0 Å². The minimum Gasteiger partial charge on any atom is -0.508 e. The van der Waals surface area contributed by atoms with E-state index in [0.717, 1.165) is 0 Å². The lowest BCUT2D eigenvalue weighted by Crippen LogP contribution is -2.43. The van der Waals surface area contributed by atoms with E-state index in [1.807, 2.05) is 0 Å². The van der Waals surface area contributed by atoms with E-state index in [4.69, 9.17) is 0 Å². The van der Waals surface area contributed by atoms with Crippen molar-refractivity contribution < 1.29 is 10.2 Å². The second-order valence-corrected chi connectivity index (χ2v) is 13.4. The van der Waals surface area contributed by atoms with Gasteiger partial charge in [0.1, 0.15) is 25.6 Å². The fourth-order valence-electron chi connectivity index (χ4n) is 4.26. The van der Waals surface area contributed by atoms with Gasteiger partial charge in [-0.15, -0.1) is 5.54 Å². The number of hydrogen-bond donors (Lipinski definition) is 2. The van der Waals surface area contributed by atoms with Gasteiger partial charge in [-0.25, -0.2) is 0 Å². The topological polar surface area (TPSA) is 64.2 Å². The summed E-state index contributed by atoms with van der Waals surface area (Å²) in [5.41, 5.74) is 6.07. The number of fused-ring (bicyclic) bond motifs is 1. The van der Waals surface area contributed by atoms with E-state index in [1.165, 1.54) is 6.07 Å². The van der Waals surface area contributed by atoms with Crippen LogP contribution in [-0.4, -0.2) is 18.3 Å². The Labute approximate surface area is 157 Å². The summed E-state index contributed by atoms with van der Waals surface area (Å²) >= 11 is 0. The molecule has 2 rings (SSSR count). The van der Waals surface area contributed by atoms with Crippen LogP contribution in [0.1, 0.15) is 52.7 Å². The number of benzene rings is 2. The SMILES string of the molecule is CC(C)[Si](C#Cc1c(C#N)ccc2cc(O)cc(O)c12)(C(C)C)C(C)C. The Balaban J connectivity index is 2.84. The number of nitrogens with zero attached hydrogens (tertiary/aromatic N) is 1. The van der Waals surface area contributed by atoms with Crippen molar-refractivity contribution in [2.24, 2.45) is 0 Å². The minimum atomic E-state index is -1.96. The van der Waals surface area contributed by atoms with Crippen LogP contribution < -0.4 is 0 Å². The van der Waals surface area contributed by atoms with Gasteiger partial charge in [-0.2, -0.15) is 5.26 Å². The molecule has 0 bridgehead atoms. The van der Waals surface area contributed by atoms with Gasteiger partial charge in [0.15, 0.2) is 0 Å². The summed E-state index contributed by atoms with van der Waals surface area (Å²) in [4.78, 5) is 0. The van der Waals surface area contributed by atoms with Gasteiger partial charge in [-0.3, -0.25) is 0 Å².